The maximum Gasteiger partial charge on any atom is 0.264 e. The van der Waals surface area contributed by atoms with Crippen molar-refractivity contribution in [3.63, 3.8) is 0 Å². The minimum Gasteiger partial charge on any atom is -0.492 e. The Balaban J connectivity index is 1.68. The molecular weight excluding hydrogens is 436 g/mol. The van der Waals surface area contributed by atoms with Gasteiger partial charge in [-0.15, -0.1) is 0 Å². The number of para-hydroxylation sites is 1. The predicted octanol–water partition coefficient (Wildman–Crippen LogP) is 4.28. The molecule has 3 aromatic carbocycles. The highest BCUT2D eigenvalue weighted by atomic mass is 35.5. The lowest BCUT2D eigenvalue weighted by molar-refractivity contribution is 0.0947. The summed E-state index contributed by atoms with van der Waals surface area (Å²) in [4.78, 5) is 12.9. The van der Waals surface area contributed by atoms with Crippen LogP contribution in [0.3, 0.4) is 0 Å². The minimum atomic E-state index is -3.80. The van der Waals surface area contributed by atoms with Crippen LogP contribution in [0.1, 0.15) is 15.9 Å². The molecule has 0 aliphatic rings. The topological polar surface area (TPSA) is 75.7 Å². The first-order chi connectivity index (χ1) is 14.8. The molecule has 0 aromatic heterocycles. The van der Waals surface area contributed by atoms with Crippen LogP contribution in [0.5, 0.6) is 5.75 Å². The average molecular weight is 459 g/mol. The van der Waals surface area contributed by atoms with Crippen LogP contribution >= 0.6 is 11.6 Å². The third kappa shape index (κ3) is 5.37. The number of nitrogens with zero attached hydrogens (tertiary/aromatic N) is 1. The van der Waals surface area contributed by atoms with E-state index in [0.29, 0.717) is 10.8 Å². The Kier molecular flexibility index (Phi) is 7.20. The Morgan fingerprint density at radius 2 is 1.71 bits per heavy atom. The van der Waals surface area contributed by atoms with E-state index in [1.54, 1.807) is 48.5 Å². The third-order valence-corrected chi connectivity index (χ3v) is 6.88. The van der Waals surface area contributed by atoms with E-state index in [1.165, 1.54) is 19.2 Å². The predicted molar refractivity (Wildman–Crippen MR) is 122 cm³/mol. The number of hydrogen-bond donors (Lipinski definition) is 1. The lowest BCUT2D eigenvalue weighted by Crippen LogP contribution is -2.32. The van der Waals surface area contributed by atoms with Gasteiger partial charge in [-0.3, -0.25) is 9.10 Å². The van der Waals surface area contributed by atoms with Crippen LogP contribution in [-0.2, 0) is 10.0 Å². The molecule has 0 saturated heterocycles. The zero-order valence-electron chi connectivity index (χ0n) is 17.2. The van der Waals surface area contributed by atoms with Crippen LogP contribution < -0.4 is 14.4 Å². The summed E-state index contributed by atoms with van der Waals surface area (Å²) < 4.78 is 32.6. The van der Waals surface area contributed by atoms with Gasteiger partial charge in [0.2, 0.25) is 0 Å². The number of ether oxygens (including phenoxy) is 1. The molecule has 0 spiro atoms. The number of nitrogens with one attached hydrogen (secondary N) is 1. The first-order valence-corrected chi connectivity index (χ1v) is 11.4. The lowest BCUT2D eigenvalue weighted by atomic mass is 10.1. The van der Waals surface area contributed by atoms with Crippen LogP contribution in [0, 0.1) is 6.92 Å². The molecule has 0 atom stereocenters. The quantitative estimate of drug-likeness (QED) is 0.511. The fourth-order valence-electron chi connectivity index (χ4n) is 2.91. The molecule has 3 rings (SSSR count). The molecule has 0 saturated carbocycles. The Labute approximate surface area is 187 Å². The highest BCUT2D eigenvalue weighted by Gasteiger charge is 2.24. The van der Waals surface area contributed by atoms with Crippen molar-refractivity contribution < 1.29 is 17.9 Å². The van der Waals surface area contributed by atoms with Crippen molar-refractivity contribution in [3.05, 3.63) is 88.9 Å². The van der Waals surface area contributed by atoms with Gasteiger partial charge in [0.1, 0.15) is 12.4 Å². The lowest BCUT2D eigenvalue weighted by Gasteiger charge is -2.22. The molecule has 1 amide bonds. The van der Waals surface area contributed by atoms with E-state index >= 15 is 0 Å². The number of hydrogen-bond acceptors (Lipinski definition) is 4. The van der Waals surface area contributed by atoms with Crippen molar-refractivity contribution in [1.29, 1.82) is 0 Å². The number of sulfonamides is 1. The second-order valence-corrected chi connectivity index (χ2v) is 9.19. The number of anilines is 1. The van der Waals surface area contributed by atoms with E-state index in [4.69, 9.17) is 16.3 Å². The number of benzene rings is 3. The summed E-state index contributed by atoms with van der Waals surface area (Å²) >= 11 is 6.08. The van der Waals surface area contributed by atoms with Crippen molar-refractivity contribution in [3.8, 4) is 5.75 Å². The fourth-order valence-corrected chi connectivity index (χ4v) is 4.32. The fraction of sp³-hybridized carbons (Fsp3) is 0.174. The standard InChI is InChI=1S/C23H23ClN2O4S/c1-17-12-13-18(16-21(17)24)30-15-14-25-23(27)20-10-6-7-11-22(20)26(2)31(28,29)19-8-4-3-5-9-19/h3-13,16H,14-15H2,1-2H3,(H,25,27). The summed E-state index contributed by atoms with van der Waals surface area (Å²) in [5, 5.41) is 3.37. The molecule has 0 bridgehead atoms. The molecular formula is C23H23ClN2O4S. The maximum atomic E-state index is 12.9. The van der Waals surface area contributed by atoms with E-state index in [1.807, 2.05) is 19.1 Å². The highest BCUT2D eigenvalue weighted by Crippen LogP contribution is 2.25. The molecule has 1 N–H and O–H groups in total. The van der Waals surface area contributed by atoms with E-state index in [9.17, 15) is 13.2 Å². The molecule has 0 unspecified atom stereocenters. The molecule has 0 heterocycles. The van der Waals surface area contributed by atoms with Gasteiger partial charge in [-0.2, -0.15) is 0 Å². The highest BCUT2D eigenvalue weighted by molar-refractivity contribution is 7.92. The summed E-state index contributed by atoms with van der Waals surface area (Å²) in [6, 6.07) is 20.0. The molecule has 162 valence electrons. The van der Waals surface area contributed by atoms with E-state index in [0.717, 1.165) is 9.87 Å². The molecule has 0 radical (unpaired) electrons. The minimum absolute atomic E-state index is 0.151. The van der Waals surface area contributed by atoms with E-state index < -0.39 is 15.9 Å². The van der Waals surface area contributed by atoms with Crippen molar-refractivity contribution >= 4 is 33.2 Å². The summed E-state index contributed by atoms with van der Waals surface area (Å²) in [6.45, 7) is 2.39. The Morgan fingerprint density at radius 3 is 2.42 bits per heavy atom. The Morgan fingerprint density at radius 1 is 1.03 bits per heavy atom. The maximum absolute atomic E-state index is 12.9. The van der Waals surface area contributed by atoms with E-state index in [2.05, 4.69) is 5.32 Å². The van der Waals surface area contributed by atoms with Crippen LogP contribution in [0.4, 0.5) is 5.69 Å². The van der Waals surface area contributed by atoms with Crippen molar-refractivity contribution in [2.45, 2.75) is 11.8 Å². The van der Waals surface area contributed by atoms with Crippen molar-refractivity contribution in [2.24, 2.45) is 0 Å². The smallest absolute Gasteiger partial charge is 0.264 e. The summed E-state index contributed by atoms with van der Waals surface area (Å²) in [5.41, 5.74) is 1.49. The first kappa shape index (κ1) is 22.7. The number of amides is 1. The Hall–Kier alpha value is -3.03. The zero-order chi connectivity index (χ0) is 22.4. The van der Waals surface area contributed by atoms with Gasteiger partial charge in [0.05, 0.1) is 22.7 Å². The molecule has 31 heavy (non-hydrogen) atoms. The first-order valence-electron chi connectivity index (χ1n) is 9.61. The number of halogens is 1. The Bertz CT molecular complexity index is 1170. The number of aryl methyl sites for hydroxylation is 1. The van der Waals surface area contributed by atoms with Gasteiger partial charge >= 0.3 is 0 Å². The largest absolute Gasteiger partial charge is 0.492 e. The third-order valence-electron chi connectivity index (χ3n) is 4.69. The molecule has 0 aliphatic heterocycles. The average Bonchev–Trinajstić information content (AvgIpc) is 2.79. The molecule has 0 aliphatic carbocycles. The second-order valence-electron chi connectivity index (χ2n) is 6.82. The van der Waals surface area contributed by atoms with Crippen molar-refractivity contribution in [1.82, 2.24) is 5.32 Å². The van der Waals surface area contributed by atoms with Crippen LogP contribution in [-0.4, -0.2) is 34.5 Å². The SMILES string of the molecule is Cc1ccc(OCCNC(=O)c2ccccc2N(C)S(=O)(=O)c2ccccc2)cc1Cl. The molecule has 0 fully saturated rings. The molecule has 3 aromatic rings. The summed E-state index contributed by atoms with van der Waals surface area (Å²) in [7, 11) is -2.37. The van der Waals surface area contributed by atoms with Gasteiger partial charge in [0.25, 0.3) is 15.9 Å². The van der Waals surface area contributed by atoms with Gasteiger partial charge in [-0.25, -0.2) is 8.42 Å². The van der Waals surface area contributed by atoms with Crippen molar-refractivity contribution in [2.75, 3.05) is 24.5 Å². The second kappa shape index (κ2) is 9.85. The monoisotopic (exact) mass is 458 g/mol. The van der Waals surface area contributed by atoms with Crippen LogP contribution in [0.25, 0.3) is 0 Å². The van der Waals surface area contributed by atoms with Gasteiger partial charge in [-0.05, 0) is 48.9 Å². The van der Waals surface area contributed by atoms with Crippen LogP contribution in [0.2, 0.25) is 5.02 Å². The summed E-state index contributed by atoms with van der Waals surface area (Å²) in [6.07, 6.45) is 0. The van der Waals surface area contributed by atoms with Crippen LogP contribution in [0.15, 0.2) is 77.7 Å². The number of rotatable bonds is 8. The molecule has 8 heteroatoms. The van der Waals surface area contributed by atoms with Gasteiger partial charge < -0.3 is 10.1 Å². The summed E-state index contributed by atoms with van der Waals surface area (Å²) in [5.74, 6) is 0.218. The van der Waals surface area contributed by atoms with Gasteiger partial charge in [0, 0.05) is 12.1 Å². The number of carbonyl (C=O) groups is 1. The normalized spacial score (nSPS) is 11.1. The van der Waals surface area contributed by atoms with Gasteiger partial charge in [-0.1, -0.05) is 48.0 Å². The van der Waals surface area contributed by atoms with Gasteiger partial charge in [0.15, 0.2) is 0 Å². The van der Waals surface area contributed by atoms with E-state index in [-0.39, 0.29) is 29.3 Å². The number of carbonyl (C=O) groups excluding carboxylic acids is 1. The molecule has 6 nitrogen and oxygen atoms in total. The zero-order valence-corrected chi connectivity index (χ0v) is 18.8.